The molecule has 0 atom stereocenters. The average molecular weight is 391 g/mol. The summed E-state index contributed by atoms with van der Waals surface area (Å²) in [6.07, 6.45) is 0. The van der Waals surface area contributed by atoms with Gasteiger partial charge in [-0.15, -0.1) is 11.3 Å². The highest BCUT2D eigenvalue weighted by Crippen LogP contribution is 2.31. The second-order valence-corrected chi connectivity index (χ2v) is 7.80. The summed E-state index contributed by atoms with van der Waals surface area (Å²) in [5.41, 5.74) is 3.74. The normalized spacial score (nSPS) is 11.0. The van der Waals surface area contributed by atoms with Crippen molar-refractivity contribution in [3.05, 3.63) is 76.3 Å². The molecule has 0 aliphatic heterocycles. The van der Waals surface area contributed by atoms with E-state index < -0.39 is 0 Å². The number of anilines is 1. The van der Waals surface area contributed by atoms with Gasteiger partial charge in [-0.05, 0) is 43.2 Å². The Kier molecular flexibility index (Phi) is 4.88. The summed E-state index contributed by atoms with van der Waals surface area (Å²) < 4.78 is 7.81. The second kappa shape index (κ2) is 7.48. The summed E-state index contributed by atoms with van der Waals surface area (Å²) in [5, 5.41) is 8.40. The van der Waals surface area contributed by atoms with Gasteiger partial charge < -0.3 is 10.1 Å². The number of carbonyl (C=O) groups excluding carboxylic acids is 1. The lowest BCUT2D eigenvalue weighted by molar-refractivity contribution is 0.103. The number of hydrogen-bond acceptors (Lipinski definition) is 4. The third kappa shape index (κ3) is 3.64. The van der Waals surface area contributed by atoms with Crippen molar-refractivity contribution < 1.29 is 9.53 Å². The van der Waals surface area contributed by atoms with Crippen LogP contribution in [0.5, 0.6) is 5.75 Å². The smallest absolute Gasteiger partial charge is 0.265 e. The van der Waals surface area contributed by atoms with E-state index in [-0.39, 0.29) is 5.91 Å². The molecule has 0 spiro atoms. The molecule has 0 aliphatic carbocycles. The minimum Gasteiger partial charge on any atom is -0.487 e. The molecule has 4 aromatic rings. The van der Waals surface area contributed by atoms with Crippen LogP contribution in [0.1, 0.15) is 26.5 Å². The Hall–Kier alpha value is -3.12. The highest BCUT2D eigenvalue weighted by atomic mass is 32.1. The van der Waals surface area contributed by atoms with E-state index in [4.69, 9.17) is 4.74 Å². The zero-order valence-corrected chi connectivity index (χ0v) is 16.8. The third-order valence-corrected chi connectivity index (χ3v) is 5.74. The topological polar surface area (TPSA) is 56.2 Å². The van der Waals surface area contributed by atoms with Crippen LogP contribution in [0.25, 0.3) is 10.2 Å². The maximum absolute atomic E-state index is 12.8. The highest BCUT2D eigenvalue weighted by molar-refractivity contribution is 7.20. The maximum atomic E-state index is 12.8. The van der Waals surface area contributed by atoms with Crippen molar-refractivity contribution >= 4 is 33.1 Å². The number of carbonyl (C=O) groups is 1. The first kappa shape index (κ1) is 18.3. The Bertz CT molecular complexity index is 1110. The third-order valence-electron chi connectivity index (χ3n) is 4.54. The van der Waals surface area contributed by atoms with Gasteiger partial charge in [0.05, 0.1) is 16.3 Å². The molecule has 0 unspecified atom stereocenters. The quantitative estimate of drug-likeness (QED) is 0.516. The van der Waals surface area contributed by atoms with Crippen LogP contribution >= 0.6 is 11.3 Å². The van der Waals surface area contributed by atoms with Crippen molar-refractivity contribution in [2.45, 2.75) is 20.5 Å². The lowest BCUT2D eigenvalue weighted by Gasteiger charge is -2.13. The highest BCUT2D eigenvalue weighted by Gasteiger charge is 2.16. The van der Waals surface area contributed by atoms with E-state index in [1.165, 1.54) is 11.3 Å². The molecule has 5 nitrogen and oxygen atoms in total. The van der Waals surface area contributed by atoms with Gasteiger partial charge in [0.15, 0.2) is 0 Å². The first-order valence-electron chi connectivity index (χ1n) is 9.03. The van der Waals surface area contributed by atoms with Gasteiger partial charge in [0.1, 0.15) is 17.2 Å². The van der Waals surface area contributed by atoms with E-state index in [2.05, 4.69) is 10.4 Å². The zero-order valence-electron chi connectivity index (χ0n) is 16.0. The summed E-state index contributed by atoms with van der Waals surface area (Å²) in [6.45, 7) is 4.40. The zero-order chi connectivity index (χ0) is 19.7. The fourth-order valence-electron chi connectivity index (χ4n) is 3.09. The largest absolute Gasteiger partial charge is 0.487 e. The molecule has 2 heterocycles. The first-order valence-corrected chi connectivity index (χ1v) is 9.85. The fourth-order valence-corrected chi connectivity index (χ4v) is 4.11. The lowest BCUT2D eigenvalue weighted by atomic mass is 10.2. The summed E-state index contributed by atoms with van der Waals surface area (Å²) in [4.78, 5) is 14.5. The van der Waals surface area contributed by atoms with Crippen molar-refractivity contribution in [2.24, 2.45) is 7.05 Å². The average Bonchev–Trinajstić information content (AvgIpc) is 3.24. The predicted molar refractivity (Wildman–Crippen MR) is 113 cm³/mol. The van der Waals surface area contributed by atoms with Gasteiger partial charge in [-0.2, -0.15) is 5.10 Å². The van der Waals surface area contributed by atoms with Gasteiger partial charge in [-0.1, -0.05) is 36.4 Å². The number of benzene rings is 2. The molecule has 4 rings (SSSR count). The van der Waals surface area contributed by atoms with Crippen LogP contribution in [0.15, 0.2) is 54.6 Å². The summed E-state index contributed by atoms with van der Waals surface area (Å²) in [5.74, 6) is 0.519. The number of nitrogens with one attached hydrogen (secondary N) is 1. The molecule has 1 amide bonds. The molecule has 1 N–H and O–H groups in total. The van der Waals surface area contributed by atoms with Crippen LogP contribution in [0.4, 0.5) is 5.69 Å². The second-order valence-electron chi connectivity index (χ2n) is 6.77. The molecule has 0 saturated heterocycles. The molecule has 0 fully saturated rings. The maximum Gasteiger partial charge on any atom is 0.265 e. The van der Waals surface area contributed by atoms with Gasteiger partial charge in [-0.25, -0.2) is 0 Å². The summed E-state index contributed by atoms with van der Waals surface area (Å²) in [6, 6.07) is 17.7. The van der Waals surface area contributed by atoms with Crippen molar-refractivity contribution in [3.8, 4) is 5.75 Å². The van der Waals surface area contributed by atoms with Crippen molar-refractivity contribution in [3.63, 3.8) is 0 Å². The van der Waals surface area contributed by atoms with Crippen molar-refractivity contribution in [1.82, 2.24) is 9.78 Å². The molecule has 2 aromatic heterocycles. The summed E-state index contributed by atoms with van der Waals surface area (Å²) in [7, 11) is 1.89. The number of fused-ring (bicyclic) bond motifs is 1. The minimum atomic E-state index is -0.144. The number of rotatable bonds is 5. The standard InChI is InChI=1S/C22H21N3O2S/c1-14-9-10-18(19(11-14)27-13-16-7-5-4-6-8-16)23-21(26)20-12-17-15(2)24-25(3)22(17)28-20/h4-12H,13H2,1-3H3,(H,23,26). The molecular formula is C22H21N3O2S. The molecule has 0 bridgehead atoms. The molecule has 0 saturated carbocycles. The van der Waals surface area contributed by atoms with Crippen LogP contribution in [0.2, 0.25) is 0 Å². The fraction of sp³-hybridized carbons (Fsp3) is 0.182. The van der Waals surface area contributed by atoms with E-state index in [0.717, 1.165) is 27.0 Å². The number of thiophene rings is 1. The van der Waals surface area contributed by atoms with Gasteiger partial charge in [0.2, 0.25) is 0 Å². The lowest BCUT2D eigenvalue weighted by Crippen LogP contribution is -2.11. The number of hydrogen-bond donors (Lipinski definition) is 1. The molecule has 0 radical (unpaired) electrons. The number of nitrogens with zero attached hydrogens (tertiary/aromatic N) is 2. The van der Waals surface area contributed by atoms with Gasteiger partial charge in [0.25, 0.3) is 5.91 Å². The first-order chi connectivity index (χ1) is 13.5. The van der Waals surface area contributed by atoms with E-state index >= 15 is 0 Å². The minimum absolute atomic E-state index is 0.144. The Labute approximate surface area is 167 Å². The van der Waals surface area contributed by atoms with E-state index in [1.54, 1.807) is 0 Å². The molecule has 142 valence electrons. The molecule has 2 aromatic carbocycles. The van der Waals surface area contributed by atoms with Crippen molar-refractivity contribution in [1.29, 1.82) is 0 Å². The molecular weight excluding hydrogens is 370 g/mol. The van der Waals surface area contributed by atoms with E-state index in [0.29, 0.717) is 22.9 Å². The van der Waals surface area contributed by atoms with Crippen LogP contribution in [0.3, 0.4) is 0 Å². The van der Waals surface area contributed by atoms with Gasteiger partial charge in [0, 0.05) is 12.4 Å². The monoisotopic (exact) mass is 391 g/mol. The number of amides is 1. The van der Waals surface area contributed by atoms with Gasteiger partial charge >= 0.3 is 0 Å². The molecule has 6 heteroatoms. The van der Waals surface area contributed by atoms with E-state index in [9.17, 15) is 4.79 Å². The van der Waals surface area contributed by atoms with Crippen LogP contribution in [0, 0.1) is 13.8 Å². The molecule has 0 aliphatic rings. The van der Waals surface area contributed by atoms with Crippen molar-refractivity contribution in [2.75, 3.05) is 5.32 Å². The Morgan fingerprint density at radius 2 is 1.93 bits per heavy atom. The van der Waals surface area contributed by atoms with Crippen LogP contribution in [-0.4, -0.2) is 15.7 Å². The number of aromatic nitrogens is 2. The Balaban J connectivity index is 1.56. The Morgan fingerprint density at radius 3 is 2.68 bits per heavy atom. The van der Waals surface area contributed by atoms with E-state index in [1.807, 2.05) is 80.2 Å². The number of ether oxygens (including phenoxy) is 1. The molecule has 28 heavy (non-hydrogen) atoms. The van der Waals surface area contributed by atoms with Crippen LogP contribution in [-0.2, 0) is 13.7 Å². The predicted octanol–water partition coefficient (Wildman–Crippen LogP) is 5.08. The summed E-state index contributed by atoms with van der Waals surface area (Å²) >= 11 is 1.44. The Morgan fingerprint density at radius 1 is 1.14 bits per heavy atom. The van der Waals surface area contributed by atoms with Crippen LogP contribution < -0.4 is 10.1 Å². The number of aryl methyl sites for hydroxylation is 3. The van der Waals surface area contributed by atoms with Gasteiger partial charge in [-0.3, -0.25) is 9.48 Å². The SMILES string of the molecule is Cc1ccc(NC(=O)c2cc3c(C)nn(C)c3s2)c(OCc2ccccc2)c1.